The average molecular weight is 636 g/mol. The topological polar surface area (TPSA) is 95.7 Å². The van der Waals surface area contributed by atoms with Gasteiger partial charge < -0.3 is 11.1 Å². The summed E-state index contributed by atoms with van der Waals surface area (Å²) in [4.78, 5) is 45.5. The van der Waals surface area contributed by atoms with Crippen LogP contribution in [0, 0.1) is 17.2 Å². The minimum atomic E-state index is -1.18. The fraction of sp³-hybridized carbons (Fsp3) is 0.382. The van der Waals surface area contributed by atoms with E-state index in [0.717, 1.165) is 18.4 Å². The predicted octanol–water partition coefficient (Wildman–Crippen LogP) is 6.48. The van der Waals surface area contributed by atoms with Gasteiger partial charge in [0, 0.05) is 33.9 Å². The van der Waals surface area contributed by atoms with Gasteiger partial charge in [-0.3, -0.25) is 24.2 Å². The number of carbonyl (C=O) groups is 3. The first kappa shape index (κ1) is 29.3. The zero-order valence-corrected chi connectivity index (χ0v) is 26.1. The molecule has 1 saturated carbocycles. The monoisotopic (exact) mass is 634 g/mol. The molecule has 3 aromatic carbocycles. The normalized spacial score (nSPS) is 28.0. The molecule has 3 amide bonds. The molecule has 3 N–H and O–H groups in total. The number of hydrogen-bond acceptors (Lipinski definition) is 4. The molecule has 3 heterocycles. The second kappa shape index (κ2) is 10.0. The van der Waals surface area contributed by atoms with E-state index in [2.05, 4.69) is 31.0 Å². The van der Waals surface area contributed by atoms with E-state index in [0.29, 0.717) is 33.9 Å². The number of fused-ring (bicyclic) bond motifs is 3. The number of carbonyl (C=O) groups excluding carboxylic acids is 3. The molecule has 1 spiro atoms. The lowest BCUT2D eigenvalue weighted by Crippen LogP contribution is -2.55. The van der Waals surface area contributed by atoms with Gasteiger partial charge in [-0.05, 0) is 90.3 Å². The number of halogens is 3. The van der Waals surface area contributed by atoms with Crippen molar-refractivity contribution in [3.05, 3.63) is 93.2 Å². The summed E-state index contributed by atoms with van der Waals surface area (Å²) in [6, 6.07) is 15.6. The number of nitrogens with two attached hydrogens (primary N) is 1. The van der Waals surface area contributed by atoms with Gasteiger partial charge in [0.1, 0.15) is 17.3 Å². The van der Waals surface area contributed by atoms with Crippen LogP contribution in [0.1, 0.15) is 67.4 Å². The largest absolute Gasteiger partial charge is 0.366 e. The SMILES string of the molecule is CC(C)(C)C[C@@H]1N2[C@H](C3CC3)N(c3ccc(C(N)=O)cc3)C(=O)[C@H]2[C@H](c2ccc(F)c(Cl)c2)[C@@]12C(=O)Nc1cc(Cl)ccc12. The van der Waals surface area contributed by atoms with Crippen LogP contribution in [-0.4, -0.2) is 40.9 Å². The van der Waals surface area contributed by atoms with E-state index >= 15 is 0 Å². The van der Waals surface area contributed by atoms with E-state index in [4.69, 9.17) is 28.9 Å². The Kier molecular flexibility index (Phi) is 6.67. The van der Waals surface area contributed by atoms with Crippen molar-refractivity contribution in [2.45, 2.75) is 69.6 Å². The highest BCUT2D eigenvalue weighted by atomic mass is 35.5. The zero-order chi connectivity index (χ0) is 31.3. The number of anilines is 2. The number of primary amides is 1. The molecule has 1 aliphatic carbocycles. The number of hydrogen-bond donors (Lipinski definition) is 2. The summed E-state index contributed by atoms with van der Waals surface area (Å²) in [6.45, 7) is 6.41. The van der Waals surface area contributed by atoms with E-state index in [1.807, 2.05) is 11.0 Å². The molecule has 0 radical (unpaired) electrons. The fourth-order valence-electron chi connectivity index (χ4n) is 7.96. The highest BCUT2D eigenvalue weighted by molar-refractivity contribution is 6.31. The van der Waals surface area contributed by atoms with Crippen LogP contribution in [0.2, 0.25) is 10.0 Å². The zero-order valence-electron chi connectivity index (χ0n) is 24.6. The smallest absolute Gasteiger partial charge is 0.248 e. The van der Waals surface area contributed by atoms with Crippen LogP contribution < -0.4 is 16.0 Å². The van der Waals surface area contributed by atoms with Crippen LogP contribution in [0.5, 0.6) is 0 Å². The van der Waals surface area contributed by atoms with Gasteiger partial charge in [-0.1, -0.05) is 56.1 Å². The first-order valence-corrected chi connectivity index (χ1v) is 15.7. The van der Waals surface area contributed by atoms with Gasteiger partial charge in [0.15, 0.2) is 0 Å². The molecule has 3 aromatic rings. The van der Waals surface area contributed by atoms with Crippen LogP contribution in [-0.2, 0) is 15.0 Å². The minimum Gasteiger partial charge on any atom is -0.366 e. The van der Waals surface area contributed by atoms with Crippen LogP contribution in [0.15, 0.2) is 60.7 Å². The summed E-state index contributed by atoms with van der Waals surface area (Å²) in [5, 5.41) is 3.53. The third-order valence-corrected chi connectivity index (χ3v) is 10.2. The van der Waals surface area contributed by atoms with Crippen LogP contribution >= 0.6 is 23.2 Å². The summed E-state index contributed by atoms with van der Waals surface area (Å²) in [5.74, 6) is -1.95. The van der Waals surface area contributed by atoms with Gasteiger partial charge >= 0.3 is 0 Å². The van der Waals surface area contributed by atoms with Crippen molar-refractivity contribution < 1.29 is 18.8 Å². The van der Waals surface area contributed by atoms with Crippen molar-refractivity contribution in [1.82, 2.24) is 4.90 Å². The van der Waals surface area contributed by atoms with Crippen molar-refractivity contribution in [3.8, 4) is 0 Å². The van der Waals surface area contributed by atoms with E-state index in [9.17, 15) is 18.8 Å². The first-order valence-electron chi connectivity index (χ1n) is 14.9. The van der Waals surface area contributed by atoms with Crippen molar-refractivity contribution >= 4 is 52.3 Å². The maximum atomic E-state index is 14.9. The van der Waals surface area contributed by atoms with Gasteiger partial charge in [0.2, 0.25) is 17.7 Å². The van der Waals surface area contributed by atoms with E-state index in [1.54, 1.807) is 48.5 Å². The minimum absolute atomic E-state index is 0.0682. The maximum Gasteiger partial charge on any atom is 0.248 e. The van der Waals surface area contributed by atoms with Gasteiger partial charge in [-0.2, -0.15) is 0 Å². The molecular formula is C34H33Cl2FN4O3. The molecule has 3 fully saturated rings. The summed E-state index contributed by atoms with van der Waals surface area (Å²) in [7, 11) is 0. The standard InChI is InChI=1S/C34H33Cl2FN4O3/c1-33(2,3)16-26-34(22-12-9-20(35)15-25(22)39-32(34)44)27(19-8-13-24(37)23(36)14-19)28-31(43)40(30(41(26)28)18-4-5-18)21-10-6-17(7-11-21)29(38)42/h6-15,18,26-28,30H,4-5,16H2,1-3H3,(H2,38,42)(H,39,44)/t26-,27-,28+,30+,34-/m0/s1. The summed E-state index contributed by atoms with van der Waals surface area (Å²) >= 11 is 12.8. The molecule has 7 rings (SSSR count). The molecule has 2 saturated heterocycles. The highest BCUT2D eigenvalue weighted by Crippen LogP contribution is 2.64. The maximum absolute atomic E-state index is 14.9. The molecule has 44 heavy (non-hydrogen) atoms. The number of nitrogens with one attached hydrogen (secondary N) is 1. The molecule has 5 atom stereocenters. The van der Waals surface area contributed by atoms with Crippen LogP contribution in [0.4, 0.5) is 15.8 Å². The Hall–Kier alpha value is -3.46. The highest BCUT2D eigenvalue weighted by Gasteiger charge is 2.74. The van der Waals surface area contributed by atoms with Crippen molar-refractivity contribution in [2.24, 2.45) is 17.1 Å². The second-order valence-corrected chi connectivity index (χ2v) is 14.6. The Balaban J connectivity index is 1.49. The van der Waals surface area contributed by atoms with Crippen molar-refractivity contribution in [1.29, 1.82) is 0 Å². The molecule has 0 aromatic heterocycles. The molecular weight excluding hydrogens is 602 g/mol. The fourth-order valence-corrected chi connectivity index (χ4v) is 8.32. The Morgan fingerprint density at radius 2 is 1.75 bits per heavy atom. The average Bonchev–Trinajstić information content (AvgIpc) is 3.63. The van der Waals surface area contributed by atoms with E-state index in [-0.39, 0.29) is 34.3 Å². The van der Waals surface area contributed by atoms with Crippen molar-refractivity contribution in [3.63, 3.8) is 0 Å². The lowest BCUT2D eigenvalue weighted by molar-refractivity contribution is -0.123. The Morgan fingerprint density at radius 1 is 1.05 bits per heavy atom. The molecule has 3 aliphatic heterocycles. The summed E-state index contributed by atoms with van der Waals surface area (Å²) < 4.78 is 14.6. The Labute approximate surface area is 265 Å². The molecule has 7 nitrogen and oxygen atoms in total. The number of rotatable bonds is 5. The summed E-state index contributed by atoms with van der Waals surface area (Å²) in [6.07, 6.45) is 2.17. The Morgan fingerprint density at radius 3 is 2.36 bits per heavy atom. The van der Waals surface area contributed by atoms with Crippen LogP contribution in [0.3, 0.4) is 0 Å². The summed E-state index contributed by atoms with van der Waals surface area (Å²) in [5.41, 5.74) is 7.14. The second-order valence-electron chi connectivity index (χ2n) is 13.7. The lowest BCUT2D eigenvalue weighted by atomic mass is 9.62. The molecule has 0 bridgehead atoms. The van der Waals surface area contributed by atoms with Gasteiger partial charge in [-0.25, -0.2) is 4.39 Å². The van der Waals surface area contributed by atoms with Gasteiger partial charge in [-0.15, -0.1) is 0 Å². The quantitative estimate of drug-likeness (QED) is 0.336. The van der Waals surface area contributed by atoms with Crippen molar-refractivity contribution in [2.75, 3.05) is 10.2 Å². The predicted molar refractivity (Wildman–Crippen MR) is 168 cm³/mol. The third kappa shape index (κ3) is 4.29. The third-order valence-electron chi connectivity index (χ3n) is 9.71. The number of nitrogens with zero attached hydrogens (tertiary/aromatic N) is 2. The molecule has 10 heteroatoms. The molecule has 4 aliphatic rings. The first-order chi connectivity index (χ1) is 20.8. The van der Waals surface area contributed by atoms with E-state index in [1.165, 1.54) is 6.07 Å². The van der Waals surface area contributed by atoms with Gasteiger partial charge in [0.05, 0.1) is 11.2 Å². The number of amides is 3. The van der Waals surface area contributed by atoms with Gasteiger partial charge in [0.25, 0.3) is 0 Å². The molecule has 0 unspecified atom stereocenters. The van der Waals surface area contributed by atoms with E-state index < -0.39 is 35.1 Å². The lowest BCUT2D eigenvalue weighted by Gasteiger charge is -2.43. The Bertz CT molecular complexity index is 1720. The van der Waals surface area contributed by atoms with Crippen LogP contribution in [0.25, 0.3) is 0 Å². The number of benzene rings is 3. The molecule has 228 valence electrons.